The van der Waals surface area contributed by atoms with Gasteiger partial charge in [-0.05, 0) is 19.3 Å². The number of alkyl halides is 1. The molecular formula is C15H15BrO3. The highest BCUT2D eigenvalue weighted by Crippen LogP contribution is 2.27. The summed E-state index contributed by atoms with van der Waals surface area (Å²) in [6, 6.07) is 6.64. The zero-order chi connectivity index (χ0) is 13.8. The maximum absolute atomic E-state index is 12.3. The van der Waals surface area contributed by atoms with Gasteiger partial charge < -0.3 is 5.11 Å². The van der Waals surface area contributed by atoms with Gasteiger partial charge in [-0.25, -0.2) is 0 Å². The standard InChI is InChI=1S/C15H15BrO3/c16-9-5-1-2-8-12-13(17)10-6-3-4-7-11(10)14(18)15(12)19/h3-4,6-7,19H,1-2,5,8-9H2. The van der Waals surface area contributed by atoms with Gasteiger partial charge in [0, 0.05) is 22.0 Å². The van der Waals surface area contributed by atoms with Crippen LogP contribution >= 0.6 is 15.9 Å². The Kier molecular flexibility index (Phi) is 4.53. The van der Waals surface area contributed by atoms with Gasteiger partial charge in [-0.3, -0.25) is 9.59 Å². The van der Waals surface area contributed by atoms with E-state index in [-0.39, 0.29) is 17.1 Å². The highest BCUT2D eigenvalue weighted by atomic mass is 79.9. The molecule has 1 aliphatic rings. The Hall–Kier alpha value is -1.42. The van der Waals surface area contributed by atoms with Crippen LogP contribution in [0.5, 0.6) is 0 Å². The number of fused-ring (bicyclic) bond motifs is 1. The highest BCUT2D eigenvalue weighted by Gasteiger charge is 2.31. The van der Waals surface area contributed by atoms with E-state index in [4.69, 9.17) is 0 Å². The van der Waals surface area contributed by atoms with Crippen LogP contribution < -0.4 is 0 Å². The quantitative estimate of drug-likeness (QED) is 0.662. The fourth-order valence-corrected chi connectivity index (χ4v) is 2.62. The molecule has 0 aromatic heterocycles. The number of benzene rings is 1. The third kappa shape index (κ3) is 2.78. The van der Waals surface area contributed by atoms with E-state index in [0.29, 0.717) is 17.5 Å². The molecule has 1 aliphatic carbocycles. The Labute approximate surface area is 120 Å². The number of carbonyl (C=O) groups is 2. The zero-order valence-corrected chi connectivity index (χ0v) is 12.1. The van der Waals surface area contributed by atoms with Crippen molar-refractivity contribution in [1.82, 2.24) is 0 Å². The molecule has 100 valence electrons. The number of unbranched alkanes of at least 4 members (excludes halogenated alkanes) is 2. The minimum absolute atomic E-state index is 0.216. The van der Waals surface area contributed by atoms with Crippen molar-refractivity contribution in [3.8, 4) is 0 Å². The minimum Gasteiger partial charge on any atom is -0.504 e. The van der Waals surface area contributed by atoms with Gasteiger partial charge in [0.1, 0.15) is 0 Å². The summed E-state index contributed by atoms with van der Waals surface area (Å²) in [6.45, 7) is 0. The Morgan fingerprint density at radius 1 is 0.947 bits per heavy atom. The van der Waals surface area contributed by atoms with Gasteiger partial charge >= 0.3 is 0 Å². The van der Waals surface area contributed by atoms with Gasteiger partial charge in [-0.1, -0.05) is 46.6 Å². The molecule has 0 atom stereocenters. The number of ketones is 2. The number of carbonyl (C=O) groups excluding carboxylic acids is 2. The molecule has 2 rings (SSSR count). The predicted octanol–water partition coefficient (Wildman–Crippen LogP) is 3.83. The molecule has 0 saturated heterocycles. The molecule has 0 bridgehead atoms. The van der Waals surface area contributed by atoms with Gasteiger partial charge in [0.15, 0.2) is 11.5 Å². The number of halogens is 1. The van der Waals surface area contributed by atoms with Crippen molar-refractivity contribution in [3.63, 3.8) is 0 Å². The van der Waals surface area contributed by atoms with Crippen molar-refractivity contribution < 1.29 is 14.7 Å². The smallest absolute Gasteiger partial charge is 0.228 e. The van der Waals surface area contributed by atoms with Crippen LogP contribution in [0.25, 0.3) is 0 Å². The lowest BCUT2D eigenvalue weighted by Crippen LogP contribution is -2.22. The first-order valence-corrected chi connectivity index (χ1v) is 7.45. The van der Waals surface area contributed by atoms with Gasteiger partial charge in [0.25, 0.3) is 0 Å². The average Bonchev–Trinajstić information content (AvgIpc) is 2.44. The highest BCUT2D eigenvalue weighted by molar-refractivity contribution is 9.09. The number of hydrogen-bond donors (Lipinski definition) is 1. The van der Waals surface area contributed by atoms with Crippen LogP contribution in [0.15, 0.2) is 35.6 Å². The molecule has 0 unspecified atom stereocenters. The van der Waals surface area contributed by atoms with E-state index in [1.807, 2.05) is 0 Å². The number of Topliss-reactive ketones (excluding diaryl/α,β-unsaturated/α-hetero) is 2. The second kappa shape index (κ2) is 6.15. The van der Waals surface area contributed by atoms with E-state index >= 15 is 0 Å². The molecule has 0 amide bonds. The first-order valence-electron chi connectivity index (χ1n) is 6.33. The van der Waals surface area contributed by atoms with Crippen molar-refractivity contribution in [2.75, 3.05) is 5.33 Å². The maximum atomic E-state index is 12.3. The lowest BCUT2D eigenvalue weighted by atomic mass is 9.86. The number of hydrogen-bond acceptors (Lipinski definition) is 3. The summed E-state index contributed by atoms with van der Waals surface area (Å²) in [5.74, 6) is -1.03. The Morgan fingerprint density at radius 3 is 2.21 bits per heavy atom. The Balaban J connectivity index is 2.22. The van der Waals surface area contributed by atoms with E-state index in [2.05, 4.69) is 15.9 Å². The van der Waals surface area contributed by atoms with E-state index < -0.39 is 5.78 Å². The molecule has 4 heteroatoms. The average molecular weight is 323 g/mol. The van der Waals surface area contributed by atoms with Crippen LogP contribution in [-0.4, -0.2) is 22.0 Å². The molecule has 1 N–H and O–H groups in total. The first kappa shape index (κ1) is 14.0. The number of aliphatic hydroxyl groups is 1. The molecule has 0 saturated carbocycles. The second-order valence-electron chi connectivity index (χ2n) is 4.53. The molecular weight excluding hydrogens is 308 g/mol. The van der Waals surface area contributed by atoms with Crippen molar-refractivity contribution in [2.24, 2.45) is 0 Å². The Morgan fingerprint density at radius 2 is 1.58 bits per heavy atom. The summed E-state index contributed by atoms with van der Waals surface area (Å²) < 4.78 is 0. The van der Waals surface area contributed by atoms with Crippen LogP contribution in [-0.2, 0) is 0 Å². The van der Waals surface area contributed by atoms with Gasteiger partial charge in [0.05, 0.1) is 0 Å². The number of allylic oxidation sites excluding steroid dienone is 2. The van der Waals surface area contributed by atoms with Crippen LogP contribution in [0.3, 0.4) is 0 Å². The second-order valence-corrected chi connectivity index (χ2v) is 5.32. The molecule has 0 spiro atoms. The molecule has 0 fully saturated rings. The lowest BCUT2D eigenvalue weighted by Gasteiger charge is -2.17. The fourth-order valence-electron chi connectivity index (χ4n) is 2.22. The monoisotopic (exact) mass is 322 g/mol. The molecule has 0 aliphatic heterocycles. The maximum Gasteiger partial charge on any atom is 0.228 e. The molecule has 19 heavy (non-hydrogen) atoms. The minimum atomic E-state index is -0.439. The number of rotatable bonds is 5. The topological polar surface area (TPSA) is 54.4 Å². The fraction of sp³-hybridized carbons (Fsp3) is 0.333. The van der Waals surface area contributed by atoms with Gasteiger partial charge in [-0.15, -0.1) is 0 Å². The van der Waals surface area contributed by atoms with E-state index in [0.717, 1.165) is 24.6 Å². The summed E-state index contributed by atoms with van der Waals surface area (Å²) in [5.41, 5.74) is 0.966. The summed E-state index contributed by atoms with van der Waals surface area (Å²) in [7, 11) is 0. The van der Waals surface area contributed by atoms with E-state index in [9.17, 15) is 14.7 Å². The first-order chi connectivity index (χ1) is 9.16. The molecule has 1 aromatic rings. The predicted molar refractivity (Wildman–Crippen MR) is 77.0 cm³/mol. The van der Waals surface area contributed by atoms with Gasteiger partial charge in [-0.2, -0.15) is 0 Å². The van der Waals surface area contributed by atoms with Crippen molar-refractivity contribution in [3.05, 3.63) is 46.7 Å². The van der Waals surface area contributed by atoms with Crippen LogP contribution in [0.4, 0.5) is 0 Å². The summed E-state index contributed by atoms with van der Waals surface area (Å²) >= 11 is 3.35. The van der Waals surface area contributed by atoms with Crippen molar-refractivity contribution in [2.45, 2.75) is 25.7 Å². The third-order valence-corrected chi connectivity index (χ3v) is 3.81. The normalized spacial score (nSPS) is 14.8. The summed E-state index contributed by atoms with van der Waals surface area (Å²) in [4.78, 5) is 24.3. The van der Waals surface area contributed by atoms with E-state index in [1.54, 1.807) is 24.3 Å². The van der Waals surface area contributed by atoms with E-state index in [1.165, 1.54) is 0 Å². The van der Waals surface area contributed by atoms with Crippen LogP contribution in [0.1, 0.15) is 46.4 Å². The molecule has 0 radical (unpaired) electrons. The third-order valence-electron chi connectivity index (χ3n) is 3.25. The zero-order valence-electron chi connectivity index (χ0n) is 10.5. The largest absolute Gasteiger partial charge is 0.504 e. The number of aliphatic hydroxyl groups excluding tert-OH is 1. The van der Waals surface area contributed by atoms with Crippen molar-refractivity contribution in [1.29, 1.82) is 0 Å². The summed E-state index contributed by atoms with van der Waals surface area (Å²) in [5, 5.41) is 10.8. The molecule has 3 nitrogen and oxygen atoms in total. The molecule has 1 aromatic carbocycles. The van der Waals surface area contributed by atoms with Crippen LogP contribution in [0, 0.1) is 0 Å². The van der Waals surface area contributed by atoms with Crippen molar-refractivity contribution >= 4 is 27.5 Å². The van der Waals surface area contributed by atoms with Crippen LogP contribution in [0.2, 0.25) is 0 Å². The SMILES string of the molecule is O=C1C(O)=C(CCCCCBr)C(=O)c2ccccc21. The Bertz CT molecular complexity index is 546. The molecule has 0 heterocycles. The summed E-state index contributed by atoms with van der Waals surface area (Å²) in [6.07, 6.45) is 3.24. The van der Waals surface area contributed by atoms with Gasteiger partial charge in [0.2, 0.25) is 5.78 Å². The lowest BCUT2D eigenvalue weighted by molar-refractivity contribution is 0.0926.